The number of nitrogens with one attached hydrogen (secondary N) is 1. The molecule has 0 saturated heterocycles. The molecule has 0 atom stereocenters. The van der Waals surface area contributed by atoms with Crippen LogP contribution < -0.4 is 5.32 Å². The van der Waals surface area contributed by atoms with E-state index < -0.39 is 10.0 Å². The van der Waals surface area contributed by atoms with E-state index in [-0.39, 0.29) is 18.1 Å². The molecule has 1 aromatic rings. The molecule has 0 spiro atoms. The van der Waals surface area contributed by atoms with E-state index in [1.165, 1.54) is 16.4 Å². The van der Waals surface area contributed by atoms with Crippen molar-refractivity contribution in [3.63, 3.8) is 0 Å². The molecule has 0 aliphatic heterocycles. The topological polar surface area (TPSA) is 49.4 Å². The summed E-state index contributed by atoms with van der Waals surface area (Å²) in [5.74, 6) is -0.174. The second kappa shape index (κ2) is 8.46. The fourth-order valence-electron chi connectivity index (χ4n) is 1.90. The molecular weight excluding hydrogens is 291 g/mol. The smallest absolute Gasteiger partial charge is 0.214 e. The number of unbranched alkanes of at least 4 members (excludes halogenated alkanes) is 1. The molecule has 0 unspecified atom stereocenters. The van der Waals surface area contributed by atoms with Crippen LogP contribution in [0.1, 0.15) is 32.3 Å². The van der Waals surface area contributed by atoms with Gasteiger partial charge in [0.2, 0.25) is 10.0 Å². The zero-order valence-electron chi connectivity index (χ0n) is 13.0. The van der Waals surface area contributed by atoms with E-state index in [1.54, 1.807) is 19.2 Å². The number of benzene rings is 1. The van der Waals surface area contributed by atoms with Gasteiger partial charge < -0.3 is 5.32 Å². The van der Waals surface area contributed by atoms with Gasteiger partial charge in [0.1, 0.15) is 5.82 Å². The van der Waals surface area contributed by atoms with Crippen LogP contribution in [0.2, 0.25) is 0 Å². The average Bonchev–Trinajstić information content (AvgIpc) is 2.40. The summed E-state index contributed by atoms with van der Waals surface area (Å²) in [4.78, 5) is 0. The third kappa shape index (κ3) is 7.02. The van der Waals surface area contributed by atoms with Crippen LogP contribution in [0.15, 0.2) is 24.3 Å². The Hall–Kier alpha value is -0.980. The third-order valence-electron chi connectivity index (χ3n) is 3.18. The average molecular weight is 316 g/mol. The minimum Gasteiger partial charge on any atom is -0.315 e. The van der Waals surface area contributed by atoms with Crippen LogP contribution in [0, 0.1) is 5.82 Å². The van der Waals surface area contributed by atoms with Gasteiger partial charge in [-0.3, -0.25) is 0 Å². The molecule has 1 N–H and O–H groups in total. The van der Waals surface area contributed by atoms with E-state index in [0.717, 1.165) is 18.5 Å². The van der Waals surface area contributed by atoms with Crippen LogP contribution in [-0.4, -0.2) is 38.1 Å². The summed E-state index contributed by atoms with van der Waals surface area (Å²) in [5.41, 5.74) is 0.781. The monoisotopic (exact) mass is 316 g/mol. The Morgan fingerprint density at radius 2 is 1.81 bits per heavy atom. The molecule has 0 radical (unpaired) electrons. The summed E-state index contributed by atoms with van der Waals surface area (Å²) in [6, 6.07) is 6.31. The van der Waals surface area contributed by atoms with Crippen molar-refractivity contribution in [1.29, 1.82) is 0 Å². The Balaban J connectivity index is 2.40. The highest BCUT2D eigenvalue weighted by atomic mass is 32.2. The normalized spacial score (nSPS) is 12.3. The van der Waals surface area contributed by atoms with E-state index >= 15 is 0 Å². The Kier molecular flexibility index (Phi) is 7.28. The van der Waals surface area contributed by atoms with Gasteiger partial charge in [-0.15, -0.1) is 0 Å². The summed E-state index contributed by atoms with van der Waals surface area (Å²) in [5, 5.41) is 3.26. The maximum atomic E-state index is 12.8. The quantitative estimate of drug-likeness (QED) is 0.712. The van der Waals surface area contributed by atoms with Crippen LogP contribution in [0.3, 0.4) is 0 Å². The number of hydrogen-bond acceptors (Lipinski definition) is 3. The van der Waals surface area contributed by atoms with Gasteiger partial charge in [0, 0.05) is 19.6 Å². The molecule has 0 bridgehead atoms. The largest absolute Gasteiger partial charge is 0.315 e. The molecule has 0 fully saturated rings. The van der Waals surface area contributed by atoms with Crippen molar-refractivity contribution in [3.05, 3.63) is 35.6 Å². The van der Waals surface area contributed by atoms with E-state index in [2.05, 4.69) is 19.2 Å². The lowest BCUT2D eigenvalue weighted by Crippen LogP contribution is -2.29. The van der Waals surface area contributed by atoms with Gasteiger partial charge >= 0.3 is 0 Å². The molecular formula is C15H25FN2O2S. The molecule has 0 aliphatic carbocycles. The van der Waals surface area contributed by atoms with Gasteiger partial charge in [0.15, 0.2) is 0 Å². The lowest BCUT2D eigenvalue weighted by molar-refractivity contribution is 0.463. The predicted octanol–water partition coefficient (Wildman–Crippen LogP) is 2.37. The minimum absolute atomic E-state index is 0.143. The maximum absolute atomic E-state index is 12.8. The number of sulfonamides is 1. The second-order valence-corrected chi connectivity index (χ2v) is 7.71. The van der Waals surface area contributed by atoms with Gasteiger partial charge in [-0.25, -0.2) is 17.1 Å². The predicted molar refractivity (Wildman–Crippen MR) is 84.0 cm³/mol. The summed E-state index contributed by atoms with van der Waals surface area (Å²) in [7, 11) is -1.70. The molecule has 0 amide bonds. The van der Waals surface area contributed by atoms with Crippen LogP contribution in [0.25, 0.3) is 0 Å². The highest BCUT2D eigenvalue weighted by Crippen LogP contribution is 2.10. The lowest BCUT2D eigenvalue weighted by atomic mass is 10.2. The van der Waals surface area contributed by atoms with Crippen molar-refractivity contribution in [2.24, 2.45) is 0 Å². The first-order chi connectivity index (χ1) is 9.81. The molecule has 120 valence electrons. The van der Waals surface area contributed by atoms with Gasteiger partial charge in [0.05, 0.1) is 5.75 Å². The molecule has 21 heavy (non-hydrogen) atoms. The fraction of sp³-hybridized carbons (Fsp3) is 0.600. The van der Waals surface area contributed by atoms with Crippen molar-refractivity contribution >= 4 is 10.0 Å². The van der Waals surface area contributed by atoms with Crippen molar-refractivity contribution in [2.75, 3.05) is 19.3 Å². The summed E-state index contributed by atoms with van der Waals surface area (Å²) in [6.45, 7) is 5.22. The van der Waals surface area contributed by atoms with Crippen molar-refractivity contribution in [3.8, 4) is 0 Å². The van der Waals surface area contributed by atoms with E-state index in [9.17, 15) is 12.8 Å². The van der Waals surface area contributed by atoms with Crippen LogP contribution in [0.4, 0.5) is 4.39 Å². The molecule has 0 saturated carbocycles. The first kappa shape index (κ1) is 18.1. The van der Waals surface area contributed by atoms with Crippen LogP contribution in [0.5, 0.6) is 0 Å². The third-order valence-corrected chi connectivity index (χ3v) is 5.06. The van der Waals surface area contributed by atoms with Gasteiger partial charge in [-0.1, -0.05) is 26.0 Å². The molecule has 1 rings (SSSR count). The number of rotatable bonds is 9. The fourth-order valence-corrected chi connectivity index (χ4v) is 3.13. The SMILES string of the molecule is CC(C)NCCCCS(=O)(=O)N(C)Cc1ccc(F)cc1. The van der Waals surface area contributed by atoms with E-state index in [1.807, 2.05) is 0 Å². The summed E-state index contributed by atoms with van der Waals surface area (Å²) < 4.78 is 38.4. The van der Waals surface area contributed by atoms with E-state index in [0.29, 0.717) is 12.5 Å². The zero-order chi connectivity index (χ0) is 15.9. The molecule has 6 heteroatoms. The Bertz CT molecular complexity index is 515. The van der Waals surface area contributed by atoms with Crippen molar-refractivity contribution in [1.82, 2.24) is 9.62 Å². The van der Waals surface area contributed by atoms with Gasteiger partial charge in [-0.2, -0.15) is 0 Å². The summed E-state index contributed by atoms with van der Waals surface area (Å²) in [6.07, 6.45) is 1.47. The molecule has 4 nitrogen and oxygen atoms in total. The number of hydrogen-bond donors (Lipinski definition) is 1. The first-order valence-corrected chi connectivity index (χ1v) is 8.84. The summed E-state index contributed by atoms with van der Waals surface area (Å²) >= 11 is 0. The first-order valence-electron chi connectivity index (χ1n) is 7.23. The zero-order valence-corrected chi connectivity index (χ0v) is 13.8. The van der Waals surface area contributed by atoms with Gasteiger partial charge in [0.25, 0.3) is 0 Å². The number of nitrogens with zero attached hydrogens (tertiary/aromatic N) is 1. The highest BCUT2D eigenvalue weighted by Gasteiger charge is 2.17. The number of halogens is 1. The molecule has 0 heterocycles. The second-order valence-electron chi connectivity index (χ2n) is 5.51. The molecule has 0 aliphatic rings. The van der Waals surface area contributed by atoms with Crippen LogP contribution in [-0.2, 0) is 16.6 Å². The van der Waals surface area contributed by atoms with Crippen molar-refractivity contribution in [2.45, 2.75) is 39.3 Å². The lowest BCUT2D eigenvalue weighted by Gasteiger charge is -2.17. The highest BCUT2D eigenvalue weighted by molar-refractivity contribution is 7.89. The maximum Gasteiger partial charge on any atom is 0.214 e. The van der Waals surface area contributed by atoms with E-state index in [4.69, 9.17) is 0 Å². The van der Waals surface area contributed by atoms with Gasteiger partial charge in [-0.05, 0) is 37.1 Å². The van der Waals surface area contributed by atoms with Crippen molar-refractivity contribution < 1.29 is 12.8 Å². The Morgan fingerprint density at radius 1 is 1.19 bits per heavy atom. The minimum atomic E-state index is -3.26. The van der Waals surface area contributed by atoms with Crippen LogP contribution >= 0.6 is 0 Å². The Morgan fingerprint density at radius 3 is 2.38 bits per heavy atom. The Labute approximate surface area is 127 Å². The molecule has 1 aromatic carbocycles. The molecule has 0 aromatic heterocycles. The standard InChI is InChI=1S/C15H25FN2O2S/c1-13(2)17-10-4-5-11-21(19,20)18(3)12-14-6-8-15(16)9-7-14/h6-9,13,17H,4-5,10-12H2,1-3H3.